The summed E-state index contributed by atoms with van der Waals surface area (Å²) in [7, 11) is 0. The maximum absolute atomic E-state index is 12.3. The molecule has 2 aromatic heterocycles. The van der Waals surface area contributed by atoms with Crippen LogP contribution in [-0.2, 0) is 17.7 Å². The zero-order valence-corrected chi connectivity index (χ0v) is 13.8. The maximum Gasteiger partial charge on any atom is 0.265 e. The number of rotatable bonds is 5. The van der Waals surface area contributed by atoms with Crippen LogP contribution in [0.2, 0.25) is 0 Å². The summed E-state index contributed by atoms with van der Waals surface area (Å²) in [5.74, 6) is 0.780. The summed E-state index contributed by atoms with van der Waals surface area (Å²) in [6.45, 7) is 5.43. The van der Waals surface area contributed by atoms with Gasteiger partial charge in [0.25, 0.3) is 5.91 Å². The van der Waals surface area contributed by atoms with Crippen LogP contribution in [0.5, 0.6) is 0 Å². The van der Waals surface area contributed by atoms with Gasteiger partial charge in [-0.2, -0.15) is 0 Å². The Labute approximate surface area is 138 Å². The fraction of sp³-hybridized carbons (Fsp3) is 0.467. The maximum atomic E-state index is 12.3. The minimum absolute atomic E-state index is 0.131. The van der Waals surface area contributed by atoms with Crippen LogP contribution in [-0.4, -0.2) is 46.8 Å². The number of amides is 1. The number of aromatic nitrogens is 3. The van der Waals surface area contributed by atoms with E-state index >= 15 is 0 Å². The average molecular weight is 333 g/mol. The number of morpholine rings is 1. The van der Waals surface area contributed by atoms with Crippen molar-refractivity contribution in [1.82, 2.24) is 19.9 Å². The van der Waals surface area contributed by atoms with Gasteiger partial charge in [-0.25, -0.2) is 4.98 Å². The van der Waals surface area contributed by atoms with Gasteiger partial charge in [-0.05, 0) is 24.0 Å². The van der Waals surface area contributed by atoms with Crippen molar-refractivity contribution in [2.75, 3.05) is 31.2 Å². The molecule has 1 N–H and O–H groups in total. The predicted molar refractivity (Wildman–Crippen MR) is 87.7 cm³/mol. The Hall–Kier alpha value is -2.06. The summed E-state index contributed by atoms with van der Waals surface area (Å²) in [5, 5.41) is 6.92. The Kier molecular flexibility index (Phi) is 5.14. The third kappa shape index (κ3) is 3.65. The summed E-state index contributed by atoms with van der Waals surface area (Å²) >= 11 is 1.13. The molecule has 7 nitrogen and oxygen atoms in total. The van der Waals surface area contributed by atoms with Gasteiger partial charge in [-0.1, -0.05) is 17.5 Å². The monoisotopic (exact) mass is 333 g/mol. The third-order valence-corrected chi connectivity index (χ3v) is 4.48. The first kappa shape index (κ1) is 15.8. The summed E-state index contributed by atoms with van der Waals surface area (Å²) in [5.41, 5.74) is 1.74. The molecule has 2 aromatic rings. The topological polar surface area (TPSA) is 80.2 Å². The Morgan fingerprint density at radius 3 is 3.04 bits per heavy atom. The number of anilines is 1. The second-order valence-corrected chi connectivity index (χ2v) is 5.92. The minimum atomic E-state index is -0.131. The fourth-order valence-electron chi connectivity index (χ4n) is 2.50. The van der Waals surface area contributed by atoms with E-state index in [0.29, 0.717) is 31.1 Å². The normalized spacial score (nSPS) is 14.7. The van der Waals surface area contributed by atoms with Crippen molar-refractivity contribution in [3.05, 3.63) is 34.5 Å². The van der Waals surface area contributed by atoms with Crippen LogP contribution < -0.4 is 10.2 Å². The molecule has 0 saturated carbocycles. The van der Waals surface area contributed by atoms with E-state index in [1.807, 2.05) is 19.1 Å². The first-order valence-corrected chi connectivity index (χ1v) is 8.43. The van der Waals surface area contributed by atoms with Crippen molar-refractivity contribution in [3.8, 4) is 0 Å². The lowest BCUT2D eigenvalue weighted by atomic mass is 10.2. The van der Waals surface area contributed by atoms with Gasteiger partial charge in [0.2, 0.25) is 0 Å². The molecule has 1 saturated heterocycles. The number of ether oxygens (including phenoxy) is 1. The smallest absolute Gasteiger partial charge is 0.265 e. The number of aryl methyl sites for hydroxylation is 1. The molecule has 3 rings (SSSR count). The quantitative estimate of drug-likeness (QED) is 0.887. The zero-order valence-electron chi connectivity index (χ0n) is 13.0. The highest BCUT2D eigenvalue weighted by Crippen LogP contribution is 2.19. The number of carbonyl (C=O) groups is 1. The van der Waals surface area contributed by atoms with Crippen molar-refractivity contribution < 1.29 is 9.53 Å². The highest BCUT2D eigenvalue weighted by atomic mass is 32.1. The lowest BCUT2D eigenvalue weighted by molar-refractivity contribution is 0.0953. The highest BCUT2D eigenvalue weighted by molar-refractivity contribution is 7.08. The van der Waals surface area contributed by atoms with Crippen LogP contribution >= 0.6 is 11.5 Å². The molecular weight excluding hydrogens is 314 g/mol. The van der Waals surface area contributed by atoms with Gasteiger partial charge in [0.1, 0.15) is 10.7 Å². The molecule has 0 aliphatic carbocycles. The van der Waals surface area contributed by atoms with E-state index in [9.17, 15) is 4.79 Å². The molecule has 8 heteroatoms. The minimum Gasteiger partial charge on any atom is -0.378 e. The van der Waals surface area contributed by atoms with E-state index in [4.69, 9.17) is 4.74 Å². The lowest BCUT2D eigenvalue weighted by Gasteiger charge is -2.29. The van der Waals surface area contributed by atoms with Gasteiger partial charge in [0, 0.05) is 31.4 Å². The molecule has 0 radical (unpaired) electrons. The summed E-state index contributed by atoms with van der Waals surface area (Å²) in [6.07, 6.45) is 2.48. The molecule has 0 bridgehead atoms. The Bertz CT molecular complexity index is 669. The molecule has 0 atom stereocenters. The predicted octanol–water partition coefficient (Wildman–Crippen LogP) is 1.26. The van der Waals surface area contributed by atoms with Crippen molar-refractivity contribution in [3.63, 3.8) is 0 Å². The average Bonchev–Trinajstić information content (AvgIpc) is 3.09. The van der Waals surface area contributed by atoms with Gasteiger partial charge >= 0.3 is 0 Å². The molecule has 1 aliphatic rings. The summed E-state index contributed by atoms with van der Waals surface area (Å²) < 4.78 is 9.24. The van der Waals surface area contributed by atoms with Gasteiger partial charge in [0.15, 0.2) is 0 Å². The number of hydrogen-bond donors (Lipinski definition) is 1. The SMILES string of the molecule is CCc1nnsc1C(=O)NCc1cccnc1N1CCOCC1. The van der Waals surface area contributed by atoms with Crippen LogP contribution in [0.4, 0.5) is 5.82 Å². The van der Waals surface area contributed by atoms with Crippen LogP contribution in [0.3, 0.4) is 0 Å². The molecule has 1 aliphatic heterocycles. The first-order chi connectivity index (χ1) is 11.3. The Balaban J connectivity index is 1.69. The second kappa shape index (κ2) is 7.47. The molecule has 23 heavy (non-hydrogen) atoms. The third-order valence-electron chi connectivity index (χ3n) is 3.71. The van der Waals surface area contributed by atoms with E-state index in [-0.39, 0.29) is 5.91 Å². The van der Waals surface area contributed by atoms with E-state index in [0.717, 1.165) is 41.7 Å². The number of pyridine rings is 1. The molecule has 122 valence electrons. The molecule has 0 unspecified atom stereocenters. The van der Waals surface area contributed by atoms with Crippen LogP contribution in [0.1, 0.15) is 27.9 Å². The molecular formula is C15H19N5O2S. The molecule has 1 fully saturated rings. The van der Waals surface area contributed by atoms with Crippen molar-refractivity contribution in [2.45, 2.75) is 19.9 Å². The molecule has 3 heterocycles. The van der Waals surface area contributed by atoms with Gasteiger partial charge in [0.05, 0.1) is 18.9 Å². The molecule has 0 aromatic carbocycles. The summed E-state index contributed by atoms with van der Waals surface area (Å²) in [4.78, 5) is 19.6. The Morgan fingerprint density at radius 2 is 2.26 bits per heavy atom. The first-order valence-electron chi connectivity index (χ1n) is 7.65. The van der Waals surface area contributed by atoms with Crippen molar-refractivity contribution in [1.29, 1.82) is 0 Å². The van der Waals surface area contributed by atoms with Crippen molar-refractivity contribution >= 4 is 23.3 Å². The standard InChI is InChI=1S/C15H19N5O2S/c1-2-12-13(23-19-18-12)15(21)17-10-11-4-3-5-16-14(11)20-6-8-22-9-7-20/h3-5H,2,6-10H2,1H3,(H,17,21). The fourth-order valence-corrected chi connectivity index (χ4v) is 3.16. The van der Waals surface area contributed by atoms with Crippen molar-refractivity contribution in [2.24, 2.45) is 0 Å². The lowest BCUT2D eigenvalue weighted by Crippen LogP contribution is -2.37. The van der Waals surface area contributed by atoms with Crippen LogP contribution in [0.25, 0.3) is 0 Å². The van der Waals surface area contributed by atoms with Gasteiger partial charge in [-0.15, -0.1) is 5.10 Å². The number of nitrogens with one attached hydrogen (secondary N) is 1. The molecule has 0 spiro atoms. The van der Waals surface area contributed by atoms with E-state index in [1.54, 1.807) is 6.20 Å². The van der Waals surface area contributed by atoms with E-state index in [1.165, 1.54) is 0 Å². The number of hydrogen-bond acceptors (Lipinski definition) is 7. The van der Waals surface area contributed by atoms with Crippen LogP contribution in [0, 0.1) is 0 Å². The van der Waals surface area contributed by atoms with Gasteiger partial charge < -0.3 is 15.0 Å². The number of nitrogens with zero attached hydrogens (tertiary/aromatic N) is 4. The molecule has 1 amide bonds. The van der Waals surface area contributed by atoms with Crippen LogP contribution in [0.15, 0.2) is 18.3 Å². The Morgan fingerprint density at radius 1 is 1.43 bits per heavy atom. The van der Waals surface area contributed by atoms with E-state index < -0.39 is 0 Å². The zero-order chi connectivity index (χ0) is 16.1. The largest absolute Gasteiger partial charge is 0.378 e. The van der Waals surface area contributed by atoms with Gasteiger partial charge in [-0.3, -0.25) is 4.79 Å². The van der Waals surface area contributed by atoms with E-state index in [2.05, 4.69) is 24.8 Å². The highest BCUT2D eigenvalue weighted by Gasteiger charge is 2.18. The second-order valence-electron chi connectivity index (χ2n) is 5.17. The number of carbonyl (C=O) groups excluding carboxylic acids is 1. The summed E-state index contributed by atoms with van der Waals surface area (Å²) in [6, 6.07) is 3.88.